The van der Waals surface area contributed by atoms with Crippen LogP contribution in [0.3, 0.4) is 0 Å². The normalized spacial score (nSPS) is 17.1. The lowest BCUT2D eigenvalue weighted by Crippen LogP contribution is -2.33. The summed E-state index contributed by atoms with van der Waals surface area (Å²) < 4.78 is 0. The lowest BCUT2D eigenvalue weighted by molar-refractivity contribution is 0.226. The molecule has 1 aliphatic carbocycles. The largest absolute Gasteiger partial charge is 0.399 e. The van der Waals surface area contributed by atoms with Crippen molar-refractivity contribution in [1.29, 1.82) is 5.26 Å². The van der Waals surface area contributed by atoms with E-state index in [0.717, 1.165) is 12.2 Å². The van der Waals surface area contributed by atoms with Gasteiger partial charge in [-0.3, -0.25) is 4.90 Å². The van der Waals surface area contributed by atoms with Crippen LogP contribution in [0.2, 0.25) is 0 Å². The lowest BCUT2D eigenvalue weighted by atomic mass is 10.1. The fraction of sp³-hybridized carbons (Fsp3) is 0.462. The first-order valence-corrected chi connectivity index (χ1v) is 5.70. The van der Waals surface area contributed by atoms with Gasteiger partial charge in [0.05, 0.1) is 12.1 Å². The molecule has 1 aromatic carbocycles. The summed E-state index contributed by atoms with van der Waals surface area (Å²) in [5, 5.41) is 8.99. The molecular formula is C13H17N3. The molecule has 84 valence electrons. The second-order valence-electron chi connectivity index (χ2n) is 4.45. The molecule has 16 heavy (non-hydrogen) atoms. The van der Waals surface area contributed by atoms with Gasteiger partial charge in [0.1, 0.15) is 0 Å². The Hall–Kier alpha value is -1.53. The van der Waals surface area contributed by atoms with Crippen molar-refractivity contribution in [2.24, 2.45) is 0 Å². The van der Waals surface area contributed by atoms with E-state index in [1.807, 2.05) is 31.2 Å². The summed E-state index contributed by atoms with van der Waals surface area (Å²) in [6.45, 7) is 2.81. The smallest absolute Gasteiger partial charge is 0.0954 e. The van der Waals surface area contributed by atoms with E-state index in [-0.39, 0.29) is 6.04 Å². The van der Waals surface area contributed by atoms with E-state index in [4.69, 9.17) is 11.0 Å². The van der Waals surface area contributed by atoms with Gasteiger partial charge in [-0.05, 0) is 37.5 Å². The molecule has 0 saturated heterocycles. The summed E-state index contributed by atoms with van der Waals surface area (Å²) in [7, 11) is 0. The van der Waals surface area contributed by atoms with Gasteiger partial charge in [0.2, 0.25) is 0 Å². The van der Waals surface area contributed by atoms with Gasteiger partial charge >= 0.3 is 0 Å². The molecule has 0 heterocycles. The van der Waals surface area contributed by atoms with Crippen LogP contribution in [0.25, 0.3) is 0 Å². The molecule has 1 saturated carbocycles. The maximum absolute atomic E-state index is 8.99. The fourth-order valence-corrected chi connectivity index (χ4v) is 1.90. The Morgan fingerprint density at radius 1 is 1.44 bits per heavy atom. The summed E-state index contributed by atoms with van der Waals surface area (Å²) >= 11 is 0. The molecule has 3 heteroatoms. The van der Waals surface area contributed by atoms with Crippen LogP contribution in [0.4, 0.5) is 5.69 Å². The van der Waals surface area contributed by atoms with E-state index in [0.29, 0.717) is 6.04 Å². The first-order valence-electron chi connectivity index (χ1n) is 5.70. The zero-order valence-electron chi connectivity index (χ0n) is 9.56. The van der Waals surface area contributed by atoms with Crippen molar-refractivity contribution < 1.29 is 0 Å². The van der Waals surface area contributed by atoms with Crippen molar-refractivity contribution in [3.63, 3.8) is 0 Å². The van der Waals surface area contributed by atoms with Gasteiger partial charge in [0.15, 0.2) is 0 Å². The van der Waals surface area contributed by atoms with E-state index in [1.165, 1.54) is 18.4 Å². The Morgan fingerprint density at radius 3 is 2.56 bits per heavy atom. The quantitative estimate of drug-likeness (QED) is 0.783. The van der Waals surface area contributed by atoms with Crippen LogP contribution < -0.4 is 5.73 Å². The molecule has 1 unspecified atom stereocenters. The van der Waals surface area contributed by atoms with Gasteiger partial charge in [0.25, 0.3) is 0 Å². The minimum absolute atomic E-state index is 0.00921. The monoisotopic (exact) mass is 215 g/mol. The molecule has 0 aliphatic heterocycles. The summed E-state index contributed by atoms with van der Waals surface area (Å²) in [6, 6.07) is 10.8. The second kappa shape index (κ2) is 4.54. The Labute approximate surface area is 96.5 Å². The van der Waals surface area contributed by atoms with Crippen molar-refractivity contribution in [2.75, 3.05) is 5.73 Å². The molecule has 0 bridgehead atoms. The molecule has 1 fully saturated rings. The molecular weight excluding hydrogens is 198 g/mol. The van der Waals surface area contributed by atoms with Crippen LogP contribution in [-0.2, 0) is 6.54 Å². The summed E-state index contributed by atoms with van der Waals surface area (Å²) in [5.74, 6) is 0. The van der Waals surface area contributed by atoms with E-state index >= 15 is 0 Å². The van der Waals surface area contributed by atoms with Crippen molar-refractivity contribution >= 4 is 5.69 Å². The Balaban J connectivity index is 2.05. The van der Waals surface area contributed by atoms with Crippen LogP contribution in [0, 0.1) is 11.3 Å². The maximum atomic E-state index is 8.99. The number of nitrogens with two attached hydrogens (primary N) is 1. The van der Waals surface area contributed by atoms with Crippen molar-refractivity contribution in [1.82, 2.24) is 4.90 Å². The number of rotatable bonds is 4. The van der Waals surface area contributed by atoms with Crippen LogP contribution in [0.15, 0.2) is 24.3 Å². The van der Waals surface area contributed by atoms with Crippen molar-refractivity contribution in [3.8, 4) is 6.07 Å². The minimum atomic E-state index is -0.00921. The Kier molecular flexibility index (Phi) is 3.12. The standard InChI is InChI=1S/C13H17N3/c1-10(8-14)16(13-6-7-13)9-11-2-4-12(15)5-3-11/h2-5,10,13H,6-7,9,15H2,1H3. The third-order valence-electron chi connectivity index (χ3n) is 3.05. The van der Waals surface area contributed by atoms with Gasteiger partial charge < -0.3 is 5.73 Å². The van der Waals surface area contributed by atoms with Crippen LogP contribution in [0.5, 0.6) is 0 Å². The molecule has 2 rings (SSSR count). The third kappa shape index (κ3) is 2.53. The number of hydrogen-bond acceptors (Lipinski definition) is 3. The summed E-state index contributed by atoms with van der Waals surface area (Å²) in [6.07, 6.45) is 2.45. The molecule has 0 aromatic heterocycles. The number of nitrogens with zero attached hydrogens (tertiary/aromatic N) is 2. The summed E-state index contributed by atoms with van der Waals surface area (Å²) in [4.78, 5) is 2.27. The highest BCUT2D eigenvalue weighted by atomic mass is 15.2. The highest BCUT2D eigenvalue weighted by Crippen LogP contribution is 2.30. The molecule has 0 amide bonds. The molecule has 1 aromatic rings. The number of anilines is 1. The van der Waals surface area contributed by atoms with E-state index < -0.39 is 0 Å². The van der Waals surface area contributed by atoms with E-state index in [9.17, 15) is 0 Å². The van der Waals surface area contributed by atoms with Crippen molar-refractivity contribution in [2.45, 2.75) is 38.4 Å². The molecule has 1 atom stereocenters. The van der Waals surface area contributed by atoms with Gasteiger partial charge in [-0.15, -0.1) is 0 Å². The minimum Gasteiger partial charge on any atom is -0.399 e. The van der Waals surface area contributed by atoms with Crippen LogP contribution >= 0.6 is 0 Å². The van der Waals surface area contributed by atoms with Crippen LogP contribution in [-0.4, -0.2) is 17.0 Å². The average Bonchev–Trinajstić information content (AvgIpc) is 3.11. The second-order valence-corrected chi connectivity index (χ2v) is 4.45. The predicted octanol–water partition coefficient (Wildman–Crippen LogP) is 2.15. The Bertz CT molecular complexity index is 387. The van der Waals surface area contributed by atoms with Crippen LogP contribution in [0.1, 0.15) is 25.3 Å². The highest BCUT2D eigenvalue weighted by molar-refractivity contribution is 5.39. The van der Waals surface area contributed by atoms with E-state index in [2.05, 4.69) is 11.0 Å². The zero-order chi connectivity index (χ0) is 11.5. The Morgan fingerprint density at radius 2 is 2.06 bits per heavy atom. The first-order chi connectivity index (χ1) is 7.70. The molecule has 2 N–H and O–H groups in total. The molecule has 0 spiro atoms. The third-order valence-corrected chi connectivity index (χ3v) is 3.05. The van der Waals surface area contributed by atoms with E-state index in [1.54, 1.807) is 0 Å². The lowest BCUT2D eigenvalue weighted by Gasteiger charge is -2.24. The number of benzene rings is 1. The first kappa shape index (κ1) is 11.0. The molecule has 3 nitrogen and oxygen atoms in total. The fourth-order valence-electron chi connectivity index (χ4n) is 1.90. The van der Waals surface area contributed by atoms with Gasteiger partial charge in [0, 0.05) is 18.3 Å². The SMILES string of the molecule is CC(C#N)N(Cc1ccc(N)cc1)C1CC1. The van der Waals surface area contributed by atoms with Gasteiger partial charge in [-0.25, -0.2) is 0 Å². The zero-order valence-corrected chi connectivity index (χ0v) is 9.56. The highest BCUT2D eigenvalue weighted by Gasteiger charge is 2.31. The number of nitrogen functional groups attached to an aromatic ring is 1. The maximum Gasteiger partial charge on any atom is 0.0954 e. The average molecular weight is 215 g/mol. The topological polar surface area (TPSA) is 53.0 Å². The molecule has 1 aliphatic rings. The predicted molar refractivity (Wildman–Crippen MR) is 64.5 cm³/mol. The van der Waals surface area contributed by atoms with Gasteiger partial charge in [-0.1, -0.05) is 12.1 Å². The number of nitriles is 1. The van der Waals surface area contributed by atoms with Gasteiger partial charge in [-0.2, -0.15) is 5.26 Å². The van der Waals surface area contributed by atoms with Crippen molar-refractivity contribution in [3.05, 3.63) is 29.8 Å². The number of hydrogen-bond donors (Lipinski definition) is 1. The summed E-state index contributed by atoms with van der Waals surface area (Å²) in [5.41, 5.74) is 7.66. The molecule has 0 radical (unpaired) electrons.